The lowest BCUT2D eigenvalue weighted by Gasteiger charge is -2.33. The van der Waals surface area contributed by atoms with Gasteiger partial charge in [0.1, 0.15) is 36.4 Å². The van der Waals surface area contributed by atoms with Crippen LogP contribution in [0.15, 0.2) is 53.6 Å². The standard InChI is InChI=1S/C27H24F3N7O4/c28-27(29,30)24-21(14-33-34-25(24)39)36-8-2-4-19(36)16-41-20-5-1-3-18(11-20)26(40)35-9-10-37(23(38)15-35)22-7-6-17(12-31)13-32-22/h1,3,5-7,11,13-14,19H,2,4,8-10,15-16H2,(H,34,39)/t19-/m0/s1. The number of H-pyrrole nitrogens is 1. The maximum Gasteiger partial charge on any atom is 0.423 e. The van der Waals surface area contributed by atoms with Crippen LogP contribution in [0.2, 0.25) is 0 Å². The molecule has 0 unspecified atom stereocenters. The van der Waals surface area contributed by atoms with E-state index in [4.69, 9.17) is 10.00 Å². The maximum atomic E-state index is 13.6. The van der Waals surface area contributed by atoms with Crippen molar-refractivity contribution >= 4 is 23.3 Å². The van der Waals surface area contributed by atoms with Crippen LogP contribution < -0.4 is 20.1 Å². The molecule has 0 bridgehead atoms. The molecule has 14 heteroatoms. The summed E-state index contributed by atoms with van der Waals surface area (Å²) in [5.41, 5.74) is -2.23. The van der Waals surface area contributed by atoms with E-state index in [1.54, 1.807) is 30.3 Å². The molecule has 5 rings (SSSR count). The SMILES string of the molecule is N#Cc1ccc(N2CCN(C(=O)c3cccc(OC[C@@H]4CCCN4c4cn[nH]c(=O)c4C(F)(F)F)c3)CC2=O)nc1. The first-order valence-electron chi connectivity index (χ1n) is 12.8. The summed E-state index contributed by atoms with van der Waals surface area (Å²) in [5.74, 6) is 0.0522. The number of aromatic amines is 1. The molecule has 0 radical (unpaired) electrons. The number of aromatic nitrogens is 3. The third-order valence-electron chi connectivity index (χ3n) is 6.99. The van der Waals surface area contributed by atoms with Gasteiger partial charge in [-0.2, -0.15) is 23.5 Å². The van der Waals surface area contributed by atoms with E-state index in [0.717, 1.165) is 6.20 Å². The van der Waals surface area contributed by atoms with Crippen LogP contribution in [0, 0.1) is 11.3 Å². The minimum atomic E-state index is -4.85. The van der Waals surface area contributed by atoms with Crippen molar-refractivity contribution in [2.45, 2.75) is 25.1 Å². The summed E-state index contributed by atoms with van der Waals surface area (Å²) in [6, 6.07) is 11.0. The number of benzene rings is 1. The number of piperazine rings is 1. The fourth-order valence-electron chi connectivity index (χ4n) is 5.00. The largest absolute Gasteiger partial charge is 0.491 e. The number of anilines is 2. The van der Waals surface area contributed by atoms with Crippen LogP contribution in [0.1, 0.15) is 34.3 Å². The number of amides is 2. The van der Waals surface area contributed by atoms with Crippen molar-refractivity contribution in [3.8, 4) is 11.8 Å². The molecule has 2 aliphatic heterocycles. The zero-order valence-electron chi connectivity index (χ0n) is 21.6. The van der Waals surface area contributed by atoms with Crippen molar-refractivity contribution in [1.29, 1.82) is 5.26 Å². The van der Waals surface area contributed by atoms with E-state index in [0.29, 0.717) is 42.1 Å². The van der Waals surface area contributed by atoms with Gasteiger partial charge in [-0.1, -0.05) is 6.07 Å². The second-order valence-corrected chi connectivity index (χ2v) is 9.57. The molecule has 0 saturated carbocycles. The van der Waals surface area contributed by atoms with Gasteiger partial charge in [-0.3, -0.25) is 19.3 Å². The number of hydrogen-bond acceptors (Lipinski definition) is 8. The van der Waals surface area contributed by atoms with Crippen molar-refractivity contribution in [3.05, 3.63) is 75.8 Å². The molecule has 4 heterocycles. The zero-order valence-corrected chi connectivity index (χ0v) is 21.6. The Kier molecular flexibility index (Phi) is 7.60. The molecule has 2 aliphatic rings. The maximum absolute atomic E-state index is 13.6. The molecule has 1 atom stereocenters. The third-order valence-corrected chi connectivity index (χ3v) is 6.99. The highest BCUT2D eigenvalue weighted by Gasteiger charge is 2.41. The molecule has 1 N–H and O–H groups in total. The van der Waals surface area contributed by atoms with E-state index in [2.05, 4.69) is 10.1 Å². The molecule has 0 spiro atoms. The van der Waals surface area contributed by atoms with E-state index in [1.807, 2.05) is 11.2 Å². The van der Waals surface area contributed by atoms with Gasteiger partial charge in [-0.05, 0) is 43.2 Å². The highest BCUT2D eigenvalue weighted by molar-refractivity contribution is 6.01. The van der Waals surface area contributed by atoms with Crippen LogP contribution in [0.4, 0.5) is 24.7 Å². The average Bonchev–Trinajstić information content (AvgIpc) is 3.44. The minimum Gasteiger partial charge on any atom is -0.491 e. The quantitative estimate of drug-likeness (QED) is 0.480. The van der Waals surface area contributed by atoms with Gasteiger partial charge in [0.15, 0.2) is 0 Å². The number of nitrogens with one attached hydrogen (secondary N) is 1. The molecular formula is C27H24F3N7O4. The fraction of sp³-hybridized carbons (Fsp3) is 0.333. The Hall–Kier alpha value is -4.93. The van der Waals surface area contributed by atoms with E-state index in [1.165, 1.54) is 27.0 Å². The lowest BCUT2D eigenvalue weighted by molar-refractivity contribution is -0.138. The molecule has 2 amide bonds. The van der Waals surface area contributed by atoms with Gasteiger partial charge in [0.25, 0.3) is 11.5 Å². The molecular weight excluding hydrogens is 543 g/mol. The lowest BCUT2D eigenvalue weighted by Crippen LogP contribution is -2.52. The Bertz CT molecular complexity index is 1550. The molecule has 3 aromatic rings. The van der Waals surface area contributed by atoms with Gasteiger partial charge in [-0.15, -0.1) is 0 Å². The number of carbonyl (C=O) groups is 2. The summed E-state index contributed by atoms with van der Waals surface area (Å²) in [5, 5.41) is 14.3. The van der Waals surface area contributed by atoms with Crippen LogP contribution in [0.5, 0.6) is 5.75 Å². The van der Waals surface area contributed by atoms with E-state index in [9.17, 15) is 27.6 Å². The van der Waals surface area contributed by atoms with Gasteiger partial charge < -0.3 is 14.5 Å². The average molecular weight is 568 g/mol. The first kappa shape index (κ1) is 27.6. The predicted molar refractivity (Wildman–Crippen MR) is 139 cm³/mol. The van der Waals surface area contributed by atoms with Gasteiger partial charge in [0.2, 0.25) is 5.91 Å². The molecule has 2 saturated heterocycles. The number of nitrogens with zero attached hydrogens (tertiary/aromatic N) is 6. The topological polar surface area (TPSA) is 136 Å². The summed E-state index contributed by atoms with van der Waals surface area (Å²) in [6.07, 6.45) is -1.32. The normalized spacial score (nSPS) is 17.5. The van der Waals surface area contributed by atoms with Crippen LogP contribution >= 0.6 is 0 Å². The Balaban J connectivity index is 1.23. The van der Waals surface area contributed by atoms with Gasteiger partial charge in [0.05, 0.1) is 23.5 Å². The zero-order chi connectivity index (χ0) is 29.1. The van der Waals surface area contributed by atoms with Crippen molar-refractivity contribution in [2.24, 2.45) is 0 Å². The van der Waals surface area contributed by atoms with Crippen LogP contribution in [0.25, 0.3) is 0 Å². The van der Waals surface area contributed by atoms with Crippen molar-refractivity contribution in [2.75, 3.05) is 42.6 Å². The number of rotatable bonds is 6. The number of pyridine rings is 1. The summed E-state index contributed by atoms with van der Waals surface area (Å²) in [4.78, 5) is 46.4. The molecule has 2 aromatic heterocycles. The summed E-state index contributed by atoms with van der Waals surface area (Å²) in [7, 11) is 0. The van der Waals surface area contributed by atoms with E-state index < -0.39 is 23.3 Å². The molecule has 0 aliphatic carbocycles. The minimum absolute atomic E-state index is 0.0243. The van der Waals surface area contributed by atoms with E-state index >= 15 is 0 Å². The van der Waals surface area contributed by atoms with Gasteiger partial charge in [-0.25, -0.2) is 10.1 Å². The summed E-state index contributed by atoms with van der Waals surface area (Å²) in [6.45, 7) is 0.665. The monoisotopic (exact) mass is 567 g/mol. The van der Waals surface area contributed by atoms with Crippen LogP contribution in [0.3, 0.4) is 0 Å². The number of ether oxygens (including phenoxy) is 1. The van der Waals surface area contributed by atoms with E-state index in [-0.39, 0.29) is 43.7 Å². The highest BCUT2D eigenvalue weighted by Crippen LogP contribution is 2.36. The molecule has 212 valence electrons. The van der Waals surface area contributed by atoms with Crippen molar-refractivity contribution < 1.29 is 27.5 Å². The molecule has 41 heavy (non-hydrogen) atoms. The smallest absolute Gasteiger partial charge is 0.423 e. The van der Waals surface area contributed by atoms with Crippen molar-refractivity contribution in [1.82, 2.24) is 20.1 Å². The first-order valence-corrected chi connectivity index (χ1v) is 12.8. The molecule has 2 fully saturated rings. The van der Waals surface area contributed by atoms with Crippen molar-refractivity contribution in [3.63, 3.8) is 0 Å². The van der Waals surface area contributed by atoms with Crippen LogP contribution in [-0.2, 0) is 11.0 Å². The first-order chi connectivity index (χ1) is 19.7. The number of alkyl halides is 3. The predicted octanol–water partition coefficient (Wildman–Crippen LogP) is 2.59. The third kappa shape index (κ3) is 5.84. The summed E-state index contributed by atoms with van der Waals surface area (Å²) >= 11 is 0. The van der Waals surface area contributed by atoms with Gasteiger partial charge in [0, 0.05) is 31.4 Å². The summed E-state index contributed by atoms with van der Waals surface area (Å²) < 4.78 is 46.7. The second kappa shape index (κ2) is 11.3. The highest BCUT2D eigenvalue weighted by atomic mass is 19.4. The number of carbonyl (C=O) groups excluding carboxylic acids is 2. The molecule has 1 aromatic carbocycles. The molecule has 11 nitrogen and oxygen atoms in total. The lowest BCUT2D eigenvalue weighted by atomic mass is 10.1. The number of hydrogen-bond donors (Lipinski definition) is 1. The fourth-order valence-corrected chi connectivity index (χ4v) is 5.00. The Morgan fingerprint density at radius 3 is 2.68 bits per heavy atom. The Labute approximate surface area is 231 Å². The van der Waals surface area contributed by atoms with Gasteiger partial charge >= 0.3 is 6.18 Å². The Morgan fingerprint density at radius 1 is 1.15 bits per heavy atom. The Morgan fingerprint density at radius 2 is 1.98 bits per heavy atom. The number of nitriles is 1. The number of halogens is 3. The second-order valence-electron chi connectivity index (χ2n) is 9.57. The van der Waals surface area contributed by atoms with Crippen LogP contribution in [-0.4, -0.2) is 70.7 Å².